The predicted octanol–water partition coefficient (Wildman–Crippen LogP) is 4.39. The van der Waals surface area contributed by atoms with E-state index in [1.54, 1.807) is 24.8 Å². The Labute approximate surface area is 230 Å². The normalized spacial score (nSPS) is 13.3. The predicted molar refractivity (Wildman–Crippen MR) is 151 cm³/mol. The van der Waals surface area contributed by atoms with Crippen molar-refractivity contribution >= 4 is 23.4 Å². The molecule has 1 aliphatic rings. The SMILES string of the molecule is O=C(O)N1CCN(c2ccc(Nc3nccc(-c4cn(Cc5ccccn5)nc4-c4cccnc4)n3)cc2)CC1. The molecule has 5 heterocycles. The molecule has 0 atom stereocenters. The number of amides is 1. The summed E-state index contributed by atoms with van der Waals surface area (Å²) in [5, 5.41) is 17.3. The van der Waals surface area contributed by atoms with Crippen molar-refractivity contribution in [2.75, 3.05) is 36.4 Å². The van der Waals surface area contributed by atoms with Gasteiger partial charge < -0.3 is 20.2 Å². The molecule has 40 heavy (non-hydrogen) atoms. The van der Waals surface area contributed by atoms with Crippen LogP contribution in [0, 0.1) is 0 Å². The maximum absolute atomic E-state index is 11.2. The molecule has 0 aliphatic carbocycles. The maximum Gasteiger partial charge on any atom is 0.407 e. The zero-order valence-electron chi connectivity index (χ0n) is 21.6. The van der Waals surface area contributed by atoms with Gasteiger partial charge in [-0.15, -0.1) is 0 Å². The Morgan fingerprint density at radius 2 is 1.75 bits per heavy atom. The van der Waals surface area contributed by atoms with Crippen LogP contribution in [0.4, 0.5) is 22.1 Å². The summed E-state index contributed by atoms with van der Waals surface area (Å²) in [5.41, 5.74) is 6.08. The van der Waals surface area contributed by atoms with Crippen molar-refractivity contribution in [3.8, 4) is 22.5 Å². The second kappa shape index (κ2) is 11.2. The molecule has 1 aromatic carbocycles. The number of piperazine rings is 1. The summed E-state index contributed by atoms with van der Waals surface area (Å²) in [4.78, 5) is 32.7. The van der Waals surface area contributed by atoms with Gasteiger partial charge in [-0.05, 0) is 54.6 Å². The minimum Gasteiger partial charge on any atom is -0.465 e. The summed E-state index contributed by atoms with van der Waals surface area (Å²) in [6.07, 6.45) is 8.14. The van der Waals surface area contributed by atoms with Crippen LogP contribution in [0.15, 0.2) is 91.6 Å². The number of carbonyl (C=O) groups is 1. The average Bonchev–Trinajstić information content (AvgIpc) is 3.42. The van der Waals surface area contributed by atoms with Crippen LogP contribution in [0.2, 0.25) is 0 Å². The maximum atomic E-state index is 11.2. The van der Waals surface area contributed by atoms with Gasteiger partial charge in [-0.1, -0.05) is 6.07 Å². The first-order chi connectivity index (χ1) is 19.6. The van der Waals surface area contributed by atoms with Gasteiger partial charge in [0.15, 0.2) is 0 Å². The molecule has 11 heteroatoms. The van der Waals surface area contributed by atoms with Crippen LogP contribution < -0.4 is 10.2 Å². The van der Waals surface area contributed by atoms with Crippen LogP contribution in [0.3, 0.4) is 0 Å². The molecule has 0 unspecified atom stereocenters. The molecule has 6 rings (SSSR count). The number of benzene rings is 1. The Kier molecular flexibility index (Phi) is 6.99. The fourth-order valence-corrected chi connectivity index (χ4v) is 4.67. The molecule has 0 saturated carbocycles. The van der Waals surface area contributed by atoms with E-state index in [-0.39, 0.29) is 0 Å². The van der Waals surface area contributed by atoms with Crippen LogP contribution >= 0.6 is 0 Å². The number of carboxylic acid groups (broad SMARTS) is 1. The molecule has 0 radical (unpaired) electrons. The van der Waals surface area contributed by atoms with E-state index in [1.807, 2.05) is 71.5 Å². The molecule has 200 valence electrons. The van der Waals surface area contributed by atoms with E-state index >= 15 is 0 Å². The third-order valence-electron chi connectivity index (χ3n) is 6.72. The van der Waals surface area contributed by atoms with Crippen LogP contribution in [0.1, 0.15) is 5.69 Å². The van der Waals surface area contributed by atoms with Crippen molar-refractivity contribution in [3.05, 3.63) is 97.3 Å². The van der Waals surface area contributed by atoms with E-state index in [9.17, 15) is 9.90 Å². The molecule has 5 aromatic rings. The van der Waals surface area contributed by atoms with Crippen LogP contribution in [-0.4, -0.2) is 72.0 Å². The second-order valence-corrected chi connectivity index (χ2v) is 9.35. The minimum absolute atomic E-state index is 0.468. The molecule has 2 N–H and O–H groups in total. The Hall–Kier alpha value is -5.32. The van der Waals surface area contributed by atoms with Gasteiger partial charge in [0, 0.05) is 79.7 Å². The van der Waals surface area contributed by atoms with E-state index in [4.69, 9.17) is 10.1 Å². The van der Waals surface area contributed by atoms with Crippen molar-refractivity contribution in [2.24, 2.45) is 0 Å². The van der Waals surface area contributed by atoms with Gasteiger partial charge >= 0.3 is 6.09 Å². The van der Waals surface area contributed by atoms with E-state index < -0.39 is 6.09 Å². The highest BCUT2D eigenvalue weighted by atomic mass is 16.4. The Bertz CT molecular complexity index is 1580. The second-order valence-electron chi connectivity index (χ2n) is 9.35. The lowest BCUT2D eigenvalue weighted by atomic mass is 10.1. The molecule has 1 saturated heterocycles. The molecule has 11 nitrogen and oxygen atoms in total. The fraction of sp³-hybridized carbons (Fsp3) is 0.172. The highest BCUT2D eigenvalue weighted by molar-refractivity contribution is 5.78. The number of nitrogens with one attached hydrogen (secondary N) is 1. The number of hydrogen-bond donors (Lipinski definition) is 2. The van der Waals surface area contributed by atoms with Gasteiger partial charge in [0.1, 0.15) is 5.69 Å². The van der Waals surface area contributed by atoms with E-state index in [0.717, 1.165) is 39.6 Å². The van der Waals surface area contributed by atoms with Gasteiger partial charge in [-0.3, -0.25) is 14.6 Å². The number of aromatic nitrogens is 6. The van der Waals surface area contributed by atoms with Crippen molar-refractivity contribution in [2.45, 2.75) is 6.54 Å². The first-order valence-electron chi connectivity index (χ1n) is 12.9. The van der Waals surface area contributed by atoms with E-state index in [1.165, 1.54) is 4.90 Å². The molecule has 1 aliphatic heterocycles. The average molecular weight is 534 g/mol. The Morgan fingerprint density at radius 3 is 2.48 bits per heavy atom. The smallest absolute Gasteiger partial charge is 0.407 e. The fourth-order valence-electron chi connectivity index (χ4n) is 4.67. The van der Waals surface area contributed by atoms with Gasteiger partial charge in [0.25, 0.3) is 0 Å². The van der Waals surface area contributed by atoms with E-state index in [2.05, 4.69) is 25.2 Å². The van der Waals surface area contributed by atoms with Crippen LogP contribution in [0.25, 0.3) is 22.5 Å². The molecule has 1 fully saturated rings. The summed E-state index contributed by atoms with van der Waals surface area (Å²) in [6.45, 7) is 2.85. The van der Waals surface area contributed by atoms with Crippen molar-refractivity contribution in [1.29, 1.82) is 0 Å². The van der Waals surface area contributed by atoms with Gasteiger partial charge in [0.2, 0.25) is 5.95 Å². The third-order valence-corrected chi connectivity index (χ3v) is 6.72. The van der Waals surface area contributed by atoms with E-state index in [0.29, 0.717) is 38.7 Å². The third kappa shape index (κ3) is 5.58. The number of rotatable bonds is 7. The number of nitrogens with zero attached hydrogens (tertiary/aromatic N) is 8. The summed E-state index contributed by atoms with van der Waals surface area (Å²) in [5.74, 6) is 0.468. The summed E-state index contributed by atoms with van der Waals surface area (Å²) >= 11 is 0. The zero-order chi connectivity index (χ0) is 27.3. The quantitative estimate of drug-likeness (QED) is 0.313. The van der Waals surface area contributed by atoms with Crippen LogP contribution in [-0.2, 0) is 6.54 Å². The lowest BCUT2D eigenvalue weighted by Crippen LogP contribution is -2.48. The van der Waals surface area contributed by atoms with Gasteiger partial charge in [-0.2, -0.15) is 5.10 Å². The molecular weight excluding hydrogens is 506 g/mol. The first-order valence-corrected chi connectivity index (χ1v) is 12.9. The number of anilines is 3. The lowest BCUT2D eigenvalue weighted by Gasteiger charge is -2.34. The zero-order valence-corrected chi connectivity index (χ0v) is 21.6. The van der Waals surface area contributed by atoms with Crippen molar-refractivity contribution in [3.63, 3.8) is 0 Å². The molecule has 0 spiro atoms. The first kappa shape index (κ1) is 25.0. The molecule has 0 bridgehead atoms. The summed E-state index contributed by atoms with van der Waals surface area (Å²) in [7, 11) is 0. The lowest BCUT2D eigenvalue weighted by molar-refractivity contribution is 0.142. The monoisotopic (exact) mass is 533 g/mol. The van der Waals surface area contributed by atoms with Crippen molar-refractivity contribution < 1.29 is 9.90 Å². The molecule has 1 amide bonds. The minimum atomic E-state index is -0.866. The molecular formula is C29H27N9O2. The molecule has 4 aromatic heterocycles. The largest absolute Gasteiger partial charge is 0.465 e. The Balaban J connectivity index is 1.22. The van der Waals surface area contributed by atoms with Gasteiger partial charge in [0.05, 0.1) is 17.9 Å². The highest BCUT2D eigenvalue weighted by Gasteiger charge is 2.20. The Morgan fingerprint density at radius 1 is 0.900 bits per heavy atom. The summed E-state index contributed by atoms with van der Waals surface area (Å²) in [6, 6.07) is 19.5. The van der Waals surface area contributed by atoms with Crippen molar-refractivity contribution in [1.82, 2.24) is 34.6 Å². The van der Waals surface area contributed by atoms with Gasteiger partial charge in [-0.25, -0.2) is 14.8 Å². The standard InChI is InChI=1S/C29H27N9O2/c39-29(40)37-16-14-36(15-17-37)24-8-6-22(7-9-24)33-28-32-13-10-26(34-28)25-20-38(19-23-5-1-2-12-31-23)35-27(25)21-4-3-11-30-18-21/h1-13,18,20H,14-17,19H2,(H,39,40)(H,32,33,34). The highest BCUT2D eigenvalue weighted by Crippen LogP contribution is 2.30. The number of pyridine rings is 2. The summed E-state index contributed by atoms with van der Waals surface area (Å²) < 4.78 is 1.87. The topological polar surface area (TPSA) is 125 Å². The van der Waals surface area contributed by atoms with Crippen LogP contribution in [0.5, 0.6) is 0 Å². The number of hydrogen-bond acceptors (Lipinski definition) is 8.